The van der Waals surface area contributed by atoms with Gasteiger partial charge in [0, 0.05) is 30.5 Å². The Morgan fingerprint density at radius 2 is 1.75 bits per heavy atom. The van der Waals surface area contributed by atoms with Gasteiger partial charge in [-0.15, -0.1) is 0 Å². The lowest BCUT2D eigenvalue weighted by Gasteiger charge is -2.27. The molecule has 0 atom stereocenters. The molecule has 0 unspecified atom stereocenters. The second kappa shape index (κ2) is 5.64. The Morgan fingerprint density at radius 1 is 1.20 bits per heavy atom. The highest BCUT2D eigenvalue weighted by atomic mass is 16.1. The summed E-state index contributed by atoms with van der Waals surface area (Å²) in [6, 6.07) is 1.82. The molecule has 112 valence electrons. The van der Waals surface area contributed by atoms with E-state index < -0.39 is 5.54 Å². The smallest absolute Gasteiger partial charge is 0.219 e. The van der Waals surface area contributed by atoms with Gasteiger partial charge in [0.25, 0.3) is 0 Å². The lowest BCUT2D eigenvalue weighted by atomic mass is 9.95. The minimum atomic E-state index is -0.458. The van der Waals surface area contributed by atoms with Gasteiger partial charge in [-0.2, -0.15) is 0 Å². The van der Waals surface area contributed by atoms with Crippen LogP contribution in [0, 0.1) is 0 Å². The third-order valence-electron chi connectivity index (χ3n) is 2.74. The van der Waals surface area contributed by atoms with Crippen molar-refractivity contribution in [3.63, 3.8) is 0 Å². The molecule has 1 amide bonds. The van der Waals surface area contributed by atoms with Crippen molar-refractivity contribution in [1.82, 2.24) is 9.97 Å². The molecule has 0 saturated carbocycles. The number of aromatic nitrogens is 2. The van der Waals surface area contributed by atoms with Gasteiger partial charge >= 0.3 is 0 Å². The number of carbonyl (C=O) groups excluding carboxylic acids is 1. The van der Waals surface area contributed by atoms with Gasteiger partial charge in [-0.1, -0.05) is 20.8 Å². The first-order valence-corrected chi connectivity index (χ1v) is 6.67. The van der Waals surface area contributed by atoms with Crippen LogP contribution in [0.5, 0.6) is 0 Å². The van der Waals surface area contributed by atoms with Crippen LogP contribution in [0.15, 0.2) is 6.07 Å². The zero-order valence-electron chi connectivity index (χ0n) is 13.2. The standard InChI is InChI=1S/C14H25N5O/c1-13(2,3)12-17-10(16-6)7-11(18-12)19-14(4,5)8-9(15)20/h7H,8H2,1-6H3,(H2,15,20)(H2,16,17,18,19). The average molecular weight is 279 g/mol. The van der Waals surface area contributed by atoms with E-state index >= 15 is 0 Å². The number of rotatable bonds is 5. The fourth-order valence-corrected chi connectivity index (χ4v) is 1.80. The molecule has 1 rings (SSSR count). The van der Waals surface area contributed by atoms with E-state index in [4.69, 9.17) is 5.73 Å². The molecule has 0 bridgehead atoms. The molecule has 0 aliphatic heterocycles. The van der Waals surface area contributed by atoms with Gasteiger partial charge in [0.15, 0.2) is 0 Å². The molecule has 0 aliphatic carbocycles. The molecule has 1 heterocycles. The van der Waals surface area contributed by atoms with Crippen LogP contribution in [0.25, 0.3) is 0 Å². The number of nitrogens with two attached hydrogens (primary N) is 1. The molecule has 4 N–H and O–H groups in total. The fourth-order valence-electron chi connectivity index (χ4n) is 1.80. The Labute approximate surface area is 120 Å². The monoisotopic (exact) mass is 279 g/mol. The van der Waals surface area contributed by atoms with Crippen molar-refractivity contribution in [2.75, 3.05) is 17.7 Å². The van der Waals surface area contributed by atoms with Gasteiger partial charge in [-0.25, -0.2) is 9.97 Å². The topological polar surface area (TPSA) is 92.9 Å². The molecular formula is C14H25N5O. The summed E-state index contributed by atoms with van der Waals surface area (Å²) in [5.41, 5.74) is 4.65. The normalized spacial score (nSPS) is 12.1. The van der Waals surface area contributed by atoms with Crippen LogP contribution in [0.3, 0.4) is 0 Å². The summed E-state index contributed by atoms with van der Waals surface area (Å²) in [5, 5.41) is 6.27. The van der Waals surface area contributed by atoms with Crippen LogP contribution in [0.4, 0.5) is 11.6 Å². The summed E-state index contributed by atoms with van der Waals surface area (Å²) < 4.78 is 0. The Morgan fingerprint density at radius 3 is 2.20 bits per heavy atom. The number of hydrogen-bond donors (Lipinski definition) is 3. The van der Waals surface area contributed by atoms with Crippen LogP contribution in [-0.4, -0.2) is 28.5 Å². The van der Waals surface area contributed by atoms with E-state index in [2.05, 4.69) is 41.4 Å². The van der Waals surface area contributed by atoms with Crippen molar-refractivity contribution in [3.05, 3.63) is 11.9 Å². The Bertz CT molecular complexity index is 491. The molecule has 1 aromatic heterocycles. The third-order valence-corrected chi connectivity index (χ3v) is 2.74. The SMILES string of the molecule is CNc1cc(NC(C)(C)CC(N)=O)nc(C(C)(C)C)n1. The number of amides is 1. The number of nitrogens with one attached hydrogen (secondary N) is 2. The third kappa shape index (κ3) is 4.68. The summed E-state index contributed by atoms with van der Waals surface area (Å²) in [4.78, 5) is 20.1. The van der Waals surface area contributed by atoms with Gasteiger partial charge in [-0.05, 0) is 13.8 Å². The van der Waals surface area contributed by atoms with Crippen molar-refractivity contribution < 1.29 is 4.79 Å². The molecule has 20 heavy (non-hydrogen) atoms. The number of hydrogen-bond acceptors (Lipinski definition) is 5. The van der Waals surface area contributed by atoms with Gasteiger partial charge < -0.3 is 16.4 Å². The largest absolute Gasteiger partial charge is 0.373 e. The van der Waals surface area contributed by atoms with Crippen LogP contribution < -0.4 is 16.4 Å². The molecule has 0 fully saturated rings. The molecule has 0 aromatic carbocycles. The predicted molar refractivity (Wildman–Crippen MR) is 81.8 cm³/mol. The first-order chi connectivity index (χ1) is 9.03. The highest BCUT2D eigenvalue weighted by Crippen LogP contribution is 2.24. The maximum Gasteiger partial charge on any atom is 0.219 e. The molecule has 6 heteroatoms. The van der Waals surface area contributed by atoms with Crippen molar-refractivity contribution >= 4 is 17.5 Å². The lowest BCUT2D eigenvalue weighted by molar-refractivity contribution is -0.118. The van der Waals surface area contributed by atoms with Crippen LogP contribution in [-0.2, 0) is 10.2 Å². The highest BCUT2D eigenvalue weighted by Gasteiger charge is 2.23. The lowest BCUT2D eigenvalue weighted by Crippen LogP contribution is -2.36. The zero-order chi connectivity index (χ0) is 15.6. The first-order valence-electron chi connectivity index (χ1n) is 6.67. The second-order valence-electron chi connectivity index (χ2n) is 6.61. The van der Waals surface area contributed by atoms with Crippen molar-refractivity contribution in [2.24, 2.45) is 5.73 Å². The molecule has 0 spiro atoms. The maximum atomic E-state index is 11.1. The average Bonchev–Trinajstić information content (AvgIpc) is 2.24. The minimum Gasteiger partial charge on any atom is -0.373 e. The number of carbonyl (C=O) groups is 1. The summed E-state index contributed by atoms with van der Waals surface area (Å²) in [6.07, 6.45) is 0.233. The Hall–Kier alpha value is -1.85. The first kappa shape index (κ1) is 16.2. The molecule has 6 nitrogen and oxygen atoms in total. The van der Waals surface area contributed by atoms with Gasteiger partial charge in [0.1, 0.15) is 17.5 Å². The molecule has 0 aliphatic rings. The van der Waals surface area contributed by atoms with E-state index in [-0.39, 0.29) is 17.7 Å². The van der Waals surface area contributed by atoms with E-state index in [0.717, 1.165) is 11.6 Å². The highest BCUT2D eigenvalue weighted by molar-refractivity contribution is 5.75. The Kier molecular flexibility index (Phi) is 4.57. The maximum absolute atomic E-state index is 11.1. The number of anilines is 2. The summed E-state index contributed by atoms with van der Waals surface area (Å²) in [7, 11) is 1.81. The fraction of sp³-hybridized carbons (Fsp3) is 0.643. The van der Waals surface area contributed by atoms with Crippen molar-refractivity contribution in [1.29, 1.82) is 0 Å². The van der Waals surface area contributed by atoms with Crippen molar-refractivity contribution in [2.45, 2.75) is 52.0 Å². The van der Waals surface area contributed by atoms with Crippen molar-refractivity contribution in [3.8, 4) is 0 Å². The summed E-state index contributed by atoms with van der Waals surface area (Å²) in [6.45, 7) is 9.99. The zero-order valence-corrected chi connectivity index (χ0v) is 13.2. The predicted octanol–water partition coefficient (Wildman–Crippen LogP) is 1.88. The van der Waals surface area contributed by atoms with E-state index in [1.165, 1.54) is 0 Å². The van der Waals surface area contributed by atoms with E-state index in [1.807, 2.05) is 27.0 Å². The minimum absolute atomic E-state index is 0.156. The summed E-state index contributed by atoms with van der Waals surface area (Å²) in [5.74, 6) is 1.81. The van der Waals surface area contributed by atoms with Crippen LogP contribution in [0.2, 0.25) is 0 Å². The van der Waals surface area contributed by atoms with E-state index in [9.17, 15) is 4.79 Å². The van der Waals surface area contributed by atoms with Gasteiger partial charge in [0.2, 0.25) is 5.91 Å². The van der Waals surface area contributed by atoms with Crippen LogP contribution in [0.1, 0.15) is 46.9 Å². The number of primary amides is 1. The van der Waals surface area contributed by atoms with E-state index in [0.29, 0.717) is 5.82 Å². The molecular weight excluding hydrogens is 254 g/mol. The molecule has 0 radical (unpaired) electrons. The van der Waals surface area contributed by atoms with Gasteiger partial charge in [0.05, 0.1) is 0 Å². The van der Waals surface area contributed by atoms with Crippen LogP contribution >= 0.6 is 0 Å². The van der Waals surface area contributed by atoms with Gasteiger partial charge in [-0.3, -0.25) is 4.79 Å². The second-order valence-corrected chi connectivity index (χ2v) is 6.61. The molecule has 0 saturated heterocycles. The van der Waals surface area contributed by atoms with E-state index in [1.54, 1.807) is 0 Å². The quantitative estimate of drug-likeness (QED) is 0.765. The number of nitrogens with zero attached hydrogens (tertiary/aromatic N) is 2. The Balaban J connectivity index is 3.09. The molecule has 1 aromatic rings. The summed E-state index contributed by atoms with van der Waals surface area (Å²) >= 11 is 0.